The number of nitrogens with two attached hydrogens (primary N) is 5. The summed E-state index contributed by atoms with van der Waals surface area (Å²) in [7, 11) is 0. The SMILES string of the molecule is CSCCC(N)C(=O)NC(Cc1cnc[nH]1)C(=O)NC(CCCN=C(N)N)C(=O)NC(CCCN=C(N)N)C(=O)O. The number of thioether (sulfide) groups is 1. The van der Waals surface area contributed by atoms with Gasteiger partial charge in [-0.25, -0.2) is 9.78 Å². The number of H-pyrrole nitrogens is 1. The molecule has 0 aliphatic carbocycles. The van der Waals surface area contributed by atoms with Gasteiger partial charge in [-0.15, -0.1) is 0 Å². The van der Waals surface area contributed by atoms with Crippen LogP contribution in [0.15, 0.2) is 22.5 Å². The zero-order valence-electron chi connectivity index (χ0n) is 23.0. The van der Waals surface area contributed by atoms with Gasteiger partial charge in [0.1, 0.15) is 18.1 Å². The maximum atomic E-state index is 13.4. The van der Waals surface area contributed by atoms with Crippen LogP contribution in [0.25, 0.3) is 0 Å². The van der Waals surface area contributed by atoms with E-state index < -0.39 is 47.9 Å². The second-order valence-corrected chi connectivity index (χ2v) is 10.1. The topological polar surface area (TPSA) is 308 Å². The second kappa shape index (κ2) is 19.1. The zero-order valence-corrected chi connectivity index (χ0v) is 23.9. The molecule has 0 saturated heterocycles. The lowest BCUT2D eigenvalue weighted by molar-refractivity contribution is -0.142. The summed E-state index contributed by atoms with van der Waals surface area (Å²) in [6, 6.07) is -4.37. The van der Waals surface area contributed by atoms with Crippen molar-refractivity contribution in [3.8, 4) is 0 Å². The molecule has 18 heteroatoms. The predicted octanol–water partition coefficient (Wildman–Crippen LogP) is -3.32. The molecule has 0 fully saturated rings. The highest BCUT2D eigenvalue weighted by Crippen LogP contribution is 2.07. The molecule has 0 radical (unpaired) electrons. The van der Waals surface area contributed by atoms with E-state index in [9.17, 15) is 24.3 Å². The summed E-state index contributed by atoms with van der Waals surface area (Å²) in [5, 5.41) is 17.3. The van der Waals surface area contributed by atoms with Crippen molar-refractivity contribution >= 4 is 47.4 Å². The second-order valence-electron chi connectivity index (χ2n) is 9.09. The molecule has 41 heavy (non-hydrogen) atoms. The molecule has 230 valence electrons. The number of carbonyl (C=O) groups excluding carboxylic acids is 3. The fourth-order valence-corrected chi connectivity index (χ4v) is 4.05. The van der Waals surface area contributed by atoms with Crippen molar-refractivity contribution in [2.45, 2.75) is 62.7 Å². The first-order chi connectivity index (χ1) is 19.4. The van der Waals surface area contributed by atoms with Gasteiger partial charge >= 0.3 is 5.97 Å². The quantitative estimate of drug-likeness (QED) is 0.0400. The normalized spacial score (nSPS) is 13.6. The van der Waals surface area contributed by atoms with Crippen LogP contribution in [0, 0.1) is 0 Å². The molecular weight excluding hydrogens is 556 g/mol. The summed E-state index contributed by atoms with van der Waals surface area (Å²) in [6.07, 6.45) is 5.94. The van der Waals surface area contributed by atoms with E-state index in [0.717, 1.165) is 0 Å². The summed E-state index contributed by atoms with van der Waals surface area (Å²) in [5.74, 6) is -2.82. The molecule has 0 aliphatic rings. The fourth-order valence-electron chi connectivity index (χ4n) is 3.56. The molecule has 0 aliphatic heterocycles. The van der Waals surface area contributed by atoms with Crippen LogP contribution in [0.2, 0.25) is 0 Å². The maximum Gasteiger partial charge on any atom is 0.326 e. The summed E-state index contributed by atoms with van der Waals surface area (Å²) < 4.78 is 0. The molecule has 1 rings (SSSR count). The number of aliphatic imine (C=N–C) groups is 2. The van der Waals surface area contributed by atoms with Crippen molar-refractivity contribution in [1.82, 2.24) is 25.9 Å². The number of carboxylic acid groups (broad SMARTS) is 1. The Labute approximate surface area is 242 Å². The number of aliphatic carboxylic acids is 1. The van der Waals surface area contributed by atoms with Crippen LogP contribution in [0.1, 0.15) is 37.8 Å². The number of aromatic nitrogens is 2. The van der Waals surface area contributed by atoms with Gasteiger partial charge in [-0.3, -0.25) is 24.4 Å². The van der Waals surface area contributed by atoms with E-state index in [4.69, 9.17) is 28.7 Å². The van der Waals surface area contributed by atoms with E-state index in [0.29, 0.717) is 17.9 Å². The number of imidazole rings is 1. The van der Waals surface area contributed by atoms with E-state index in [2.05, 4.69) is 35.9 Å². The van der Waals surface area contributed by atoms with Crippen molar-refractivity contribution in [1.29, 1.82) is 0 Å². The summed E-state index contributed by atoms with van der Waals surface area (Å²) in [4.78, 5) is 65.5. The molecule has 0 bridgehead atoms. The number of rotatable bonds is 20. The van der Waals surface area contributed by atoms with Gasteiger partial charge in [0.2, 0.25) is 17.7 Å². The lowest BCUT2D eigenvalue weighted by Crippen LogP contribution is -2.57. The number of hydrogen-bond acceptors (Lipinski definition) is 9. The molecule has 4 atom stereocenters. The summed E-state index contributed by atoms with van der Waals surface area (Å²) in [5.41, 5.74) is 27.8. The van der Waals surface area contributed by atoms with Gasteiger partial charge in [-0.05, 0) is 44.1 Å². The Kier molecular flexibility index (Phi) is 16.3. The number of carbonyl (C=O) groups is 4. The monoisotopic (exact) mass is 598 g/mol. The molecule has 3 amide bonds. The molecular formula is C23H42N12O5S. The Hall–Kier alpha value is -4.06. The summed E-state index contributed by atoms with van der Waals surface area (Å²) >= 11 is 1.53. The van der Waals surface area contributed by atoms with Crippen LogP contribution in [0.5, 0.6) is 0 Å². The van der Waals surface area contributed by atoms with Gasteiger partial charge in [0.25, 0.3) is 0 Å². The zero-order chi connectivity index (χ0) is 30.8. The minimum Gasteiger partial charge on any atom is -0.480 e. The highest BCUT2D eigenvalue weighted by atomic mass is 32.2. The third-order valence-corrected chi connectivity index (χ3v) is 6.36. The highest BCUT2D eigenvalue weighted by Gasteiger charge is 2.30. The minimum atomic E-state index is -1.27. The first-order valence-corrected chi connectivity index (χ1v) is 14.3. The van der Waals surface area contributed by atoms with Crippen LogP contribution in [0.3, 0.4) is 0 Å². The first kappa shape index (κ1) is 35.0. The third kappa shape index (κ3) is 14.8. The molecule has 0 aromatic carbocycles. The Morgan fingerprint density at radius 1 is 0.902 bits per heavy atom. The smallest absolute Gasteiger partial charge is 0.326 e. The van der Waals surface area contributed by atoms with E-state index in [1.54, 1.807) is 0 Å². The van der Waals surface area contributed by atoms with E-state index in [1.807, 2.05) is 6.26 Å². The Morgan fingerprint density at radius 2 is 1.44 bits per heavy atom. The molecule has 1 aromatic heterocycles. The van der Waals surface area contributed by atoms with Crippen LogP contribution >= 0.6 is 11.8 Å². The van der Waals surface area contributed by atoms with E-state index in [1.165, 1.54) is 24.3 Å². The van der Waals surface area contributed by atoms with Gasteiger partial charge in [0, 0.05) is 31.4 Å². The maximum absolute atomic E-state index is 13.4. The number of aromatic amines is 1. The Bertz CT molecular complexity index is 1030. The van der Waals surface area contributed by atoms with E-state index >= 15 is 0 Å². The van der Waals surface area contributed by atoms with Crippen LogP contribution < -0.4 is 44.6 Å². The number of nitrogens with zero attached hydrogens (tertiary/aromatic N) is 3. The summed E-state index contributed by atoms with van der Waals surface area (Å²) in [6.45, 7) is 0.343. The van der Waals surface area contributed by atoms with Gasteiger partial charge in [-0.2, -0.15) is 11.8 Å². The average molecular weight is 599 g/mol. The average Bonchev–Trinajstić information content (AvgIpc) is 3.42. The molecule has 4 unspecified atom stereocenters. The third-order valence-electron chi connectivity index (χ3n) is 5.72. The van der Waals surface area contributed by atoms with Crippen LogP contribution in [-0.2, 0) is 25.6 Å². The molecule has 15 N–H and O–H groups in total. The van der Waals surface area contributed by atoms with E-state index in [-0.39, 0.29) is 57.1 Å². The number of guanidine groups is 2. The number of amides is 3. The molecule has 1 heterocycles. The van der Waals surface area contributed by atoms with Gasteiger partial charge in [0.05, 0.1) is 12.4 Å². The molecule has 17 nitrogen and oxygen atoms in total. The van der Waals surface area contributed by atoms with Crippen LogP contribution in [-0.4, -0.2) is 99.9 Å². The van der Waals surface area contributed by atoms with Crippen molar-refractivity contribution in [3.63, 3.8) is 0 Å². The highest BCUT2D eigenvalue weighted by molar-refractivity contribution is 7.98. The lowest BCUT2D eigenvalue weighted by Gasteiger charge is -2.25. The number of carboxylic acids is 1. The standard InChI is InChI=1S/C23H42N12O5S/c1-41-9-6-14(24)18(36)35-17(10-13-11-29-12-32-13)20(38)33-15(4-2-7-30-22(25)26)19(37)34-16(21(39)40)5-3-8-31-23(27)28/h11-12,14-17H,2-10,24H2,1H3,(H,29,32)(H,33,38)(H,34,37)(H,35,36)(H,39,40)(H4,25,26,30)(H4,27,28,31). The predicted molar refractivity (Wildman–Crippen MR) is 157 cm³/mol. The van der Waals surface area contributed by atoms with Crippen molar-refractivity contribution < 1.29 is 24.3 Å². The molecule has 1 aromatic rings. The van der Waals surface area contributed by atoms with Crippen molar-refractivity contribution in [2.24, 2.45) is 38.7 Å². The fraction of sp³-hybridized carbons (Fsp3) is 0.609. The largest absolute Gasteiger partial charge is 0.480 e. The first-order valence-electron chi connectivity index (χ1n) is 12.9. The van der Waals surface area contributed by atoms with Crippen molar-refractivity contribution in [3.05, 3.63) is 18.2 Å². The van der Waals surface area contributed by atoms with Gasteiger partial charge in [0.15, 0.2) is 11.9 Å². The molecule has 0 spiro atoms. The van der Waals surface area contributed by atoms with Gasteiger partial charge in [-0.1, -0.05) is 0 Å². The lowest BCUT2D eigenvalue weighted by atomic mass is 10.1. The Balaban J connectivity index is 3.07. The Morgan fingerprint density at radius 3 is 1.95 bits per heavy atom. The van der Waals surface area contributed by atoms with Crippen LogP contribution in [0.4, 0.5) is 0 Å². The number of hydrogen-bond donors (Lipinski definition) is 10. The number of nitrogens with one attached hydrogen (secondary N) is 4. The van der Waals surface area contributed by atoms with Gasteiger partial charge < -0.3 is 54.7 Å². The molecule has 0 saturated carbocycles. The minimum absolute atomic E-state index is 0.0394. The van der Waals surface area contributed by atoms with Crippen molar-refractivity contribution in [2.75, 3.05) is 25.1 Å².